The molecule has 0 amide bonds. The second-order valence-corrected chi connectivity index (χ2v) is 8.43. The van der Waals surface area contributed by atoms with Gasteiger partial charge in [-0.3, -0.25) is 0 Å². The van der Waals surface area contributed by atoms with E-state index in [4.69, 9.17) is 25.8 Å². The summed E-state index contributed by atoms with van der Waals surface area (Å²) < 4.78 is 16.9. The first-order chi connectivity index (χ1) is 15.0. The van der Waals surface area contributed by atoms with Crippen LogP contribution in [-0.4, -0.2) is 70.8 Å². The number of ether oxygens (including phenoxy) is 3. The molecule has 4 N–H and O–H groups in total. The SMILES string of the molecule is OC[C@@H]1O[C@@H](c2ccc(Cl)c(Cc3ccc(O[C@H]4CCOC4)cc3)c2)[C@@H](O)[C@H](O)[C@H]1O. The first kappa shape index (κ1) is 22.5. The normalized spacial score (nSPS) is 31.0. The van der Waals surface area contributed by atoms with Crippen molar-refractivity contribution in [3.05, 3.63) is 64.2 Å². The van der Waals surface area contributed by atoms with Gasteiger partial charge in [-0.15, -0.1) is 0 Å². The van der Waals surface area contributed by atoms with E-state index in [0.29, 0.717) is 23.6 Å². The van der Waals surface area contributed by atoms with Crippen molar-refractivity contribution in [3.8, 4) is 5.75 Å². The minimum absolute atomic E-state index is 0.0931. The molecule has 0 unspecified atom stereocenters. The molecule has 2 saturated heterocycles. The Kier molecular flexibility index (Phi) is 7.13. The van der Waals surface area contributed by atoms with Gasteiger partial charge in [0, 0.05) is 11.4 Å². The second-order valence-electron chi connectivity index (χ2n) is 8.02. The summed E-state index contributed by atoms with van der Waals surface area (Å²) in [7, 11) is 0. The highest BCUT2D eigenvalue weighted by molar-refractivity contribution is 6.31. The van der Waals surface area contributed by atoms with Crippen LogP contribution in [0.25, 0.3) is 0 Å². The molecule has 2 fully saturated rings. The summed E-state index contributed by atoms with van der Waals surface area (Å²) in [5.74, 6) is 0.792. The van der Waals surface area contributed by atoms with Crippen LogP contribution in [0.3, 0.4) is 0 Å². The molecule has 2 heterocycles. The molecule has 2 aliphatic heterocycles. The predicted octanol–water partition coefficient (Wildman–Crippen LogP) is 1.61. The molecule has 2 aromatic carbocycles. The van der Waals surface area contributed by atoms with E-state index >= 15 is 0 Å². The second kappa shape index (κ2) is 9.83. The van der Waals surface area contributed by atoms with Crippen molar-refractivity contribution in [2.75, 3.05) is 19.8 Å². The molecule has 0 bridgehead atoms. The van der Waals surface area contributed by atoms with E-state index in [-0.39, 0.29) is 6.10 Å². The lowest BCUT2D eigenvalue weighted by Crippen LogP contribution is -2.55. The number of hydrogen-bond donors (Lipinski definition) is 4. The van der Waals surface area contributed by atoms with E-state index in [1.54, 1.807) is 12.1 Å². The highest BCUT2D eigenvalue weighted by Crippen LogP contribution is 2.34. The fourth-order valence-corrected chi connectivity index (χ4v) is 4.17. The van der Waals surface area contributed by atoms with E-state index in [9.17, 15) is 20.4 Å². The average Bonchev–Trinajstić information content (AvgIpc) is 3.28. The molecule has 168 valence electrons. The number of aliphatic hydroxyl groups is 4. The lowest BCUT2D eigenvalue weighted by atomic mass is 9.90. The monoisotopic (exact) mass is 450 g/mol. The van der Waals surface area contributed by atoms with Gasteiger partial charge in [-0.05, 0) is 41.3 Å². The topological polar surface area (TPSA) is 109 Å². The van der Waals surface area contributed by atoms with Crippen molar-refractivity contribution in [2.24, 2.45) is 0 Å². The molecule has 8 heteroatoms. The minimum Gasteiger partial charge on any atom is -0.488 e. The van der Waals surface area contributed by atoms with Crippen molar-refractivity contribution in [2.45, 2.75) is 49.5 Å². The molecule has 4 rings (SSSR count). The lowest BCUT2D eigenvalue weighted by Gasteiger charge is -2.40. The standard InChI is InChI=1S/C23H27ClO7/c24-18-6-3-14(23-22(28)21(27)20(26)19(11-25)31-23)10-15(18)9-13-1-4-16(5-2-13)30-17-7-8-29-12-17/h1-6,10,17,19-23,25-28H,7-9,11-12H2/t17-,19-,20-,21+,22-,23-/m0/s1. The molecular weight excluding hydrogens is 424 g/mol. The first-order valence-corrected chi connectivity index (χ1v) is 10.8. The van der Waals surface area contributed by atoms with Crippen LogP contribution >= 0.6 is 11.6 Å². The van der Waals surface area contributed by atoms with Gasteiger partial charge in [-0.25, -0.2) is 0 Å². The highest BCUT2D eigenvalue weighted by atomic mass is 35.5. The zero-order valence-electron chi connectivity index (χ0n) is 16.9. The van der Waals surface area contributed by atoms with Gasteiger partial charge in [0.1, 0.15) is 42.4 Å². The van der Waals surface area contributed by atoms with Crippen molar-refractivity contribution in [1.29, 1.82) is 0 Å². The van der Waals surface area contributed by atoms with Crippen LogP contribution in [0.5, 0.6) is 5.75 Å². The summed E-state index contributed by atoms with van der Waals surface area (Å²) in [6, 6.07) is 13.0. The maximum absolute atomic E-state index is 10.4. The van der Waals surface area contributed by atoms with E-state index in [1.165, 1.54) is 0 Å². The molecular formula is C23H27ClO7. The molecule has 7 nitrogen and oxygen atoms in total. The number of rotatable bonds is 6. The molecule has 0 aromatic heterocycles. The molecule has 31 heavy (non-hydrogen) atoms. The summed E-state index contributed by atoms with van der Waals surface area (Å²) >= 11 is 6.40. The van der Waals surface area contributed by atoms with Gasteiger partial charge < -0.3 is 34.6 Å². The fourth-order valence-electron chi connectivity index (χ4n) is 3.99. The van der Waals surface area contributed by atoms with Gasteiger partial charge in [0.2, 0.25) is 0 Å². The van der Waals surface area contributed by atoms with Crippen molar-refractivity contribution in [1.82, 2.24) is 0 Å². The number of halogens is 1. The van der Waals surface area contributed by atoms with Gasteiger partial charge in [0.15, 0.2) is 0 Å². The molecule has 0 saturated carbocycles. The molecule has 0 aliphatic carbocycles. The van der Waals surface area contributed by atoms with Crippen LogP contribution < -0.4 is 4.74 Å². The van der Waals surface area contributed by atoms with E-state index in [2.05, 4.69) is 0 Å². The summed E-state index contributed by atoms with van der Waals surface area (Å²) in [5.41, 5.74) is 2.47. The Morgan fingerprint density at radius 1 is 1.00 bits per heavy atom. The Bertz CT molecular complexity index is 867. The fraction of sp³-hybridized carbons (Fsp3) is 0.478. The van der Waals surface area contributed by atoms with Crippen LogP contribution in [0.2, 0.25) is 5.02 Å². The van der Waals surface area contributed by atoms with Gasteiger partial charge in [0.05, 0.1) is 19.8 Å². The van der Waals surface area contributed by atoms with Crippen molar-refractivity contribution in [3.63, 3.8) is 0 Å². The third-order valence-electron chi connectivity index (χ3n) is 5.80. The van der Waals surface area contributed by atoms with E-state index in [0.717, 1.165) is 29.9 Å². The summed E-state index contributed by atoms with van der Waals surface area (Å²) in [6.07, 6.45) is -4.46. The lowest BCUT2D eigenvalue weighted by molar-refractivity contribution is -0.231. The highest BCUT2D eigenvalue weighted by Gasteiger charge is 2.44. The van der Waals surface area contributed by atoms with Crippen molar-refractivity contribution < 1.29 is 34.6 Å². The zero-order valence-corrected chi connectivity index (χ0v) is 17.7. The summed E-state index contributed by atoms with van der Waals surface area (Å²) in [4.78, 5) is 0. The molecule has 0 radical (unpaired) electrons. The van der Waals surface area contributed by atoms with E-state index in [1.807, 2.05) is 30.3 Å². The number of hydrogen-bond acceptors (Lipinski definition) is 7. The third kappa shape index (κ3) is 5.04. The van der Waals surface area contributed by atoms with Crippen LogP contribution in [0, 0.1) is 0 Å². The molecule has 2 aromatic rings. The summed E-state index contributed by atoms with van der Waals surface area (Å²) in [6.45, 7) is 0.872. The predicted molar refractivity (Wildman–Crippen MR) is 113 cm³/mol. The molecule has 2 aliphatic rings. The Balaban J connectivity index is 1.49. The van der Waals surface area contributed by atoms with Gasteiger partial charge >= 0.3 is 0 Å². The van der Waals surface area contributed by atoms with Crippen LogP contribution in [0.15, 0.2) is 42.5 Å². The van der Waals surface area contributed by atoms with Crippen LogP contribution in [0.1, 0.15) is 29.2 Å². The number of aliphatic hydroxyl groups excluding tert-OH is 4. The van der Waals surface area contributed by atoms with Crippen LogP contribution in [0.4, 0.5) is 0 Å². The van der Waals surface area contributed by atoms with Gasteiger partial charge in [-0.2, -0.15) is 0 Å². The number of benzene rings is 2. The third-order valence-corrected chi connectivity index (χ3v) is 6.17. The Hall–Kier alpha value is -1.71. The largest absolute Gasteiger partial charge is 0.488 e. The molecule has 6 atom stereocenters. The summed E-state index contributed by atoms with van der Waals surface area (Å²) in [5, 5.41) is 40.5. The van der Waals surface area contributed by atoms with Gasteiger partial charge in [0.25, 0.3) is 0 Å². The van der Waals surface area contributed by atoms with Gasteiger partial charge in [-0.1, -0.05) is 35.9 Å². The Labute approximate surface area is 185 Å². The first-order valence-electron chi connectivity index (χ1n) is 10.4. The quantitative estimate of drug-likeness (QED) is 0.529. The van der Waals surface area contributed by atoms with Crippen molar-refractivity contribution >= 4 is 11.6 Å². The van der Waals surface area contributed by atoms with Crippen LogP contribution in [-0.2, 0) is 15.9 Å². The Morgan fingerprint density at radius 2 is 1.77 bits per heavy atom. The smallest absolute Gasteiger partial charge is 0.124 e. The maximum atomic E-state index is 10.4. The van der Waals surface area contributed by atoms with E-state index < -0.39 is 37.1 Å². The Morgan fingerprint density at radius 3 is 2.45 bits per heavy atom. The molecule has 0 spiro atoms. The maximum Gasteiger partial charge on any atom is 0.124 e. The average molecular weight is 451 g/mol. The minimum atomic E-state index is -1.42. The zero-order chi connectivity index (χ0) is 22.0.